The van der Waals surface area contributed by atoms with Gasteiger partial charge in [-0.2, -0.15) is 11.8 Å². The Morgan fingerprint density at radius 2 is 1.97 bits per heavy atom. The number of carbonyl (C=O) groups excluding carboxylic acids is 1. The molecule has 9 heteroatoms. The van der Waals surface area contributed by atoms with Crippen molar-refractivity contribution in [3.8, 4) is 0 Å². The van der Waals surface area contributed by atoms with Crippen LogP contribution in [0.3, 0.4) is 0 Å². The van der Waals surface area contributed by atoms with Crippen LogP contribution in [0.4, 0.5) is 11.4 Å². The zero-order valence-electron chi connectivity index (χ0n) is 19.6. The van der Waals surface area contributed by atoms with Crippen molar-refractivity contribution in [2.75, 3.05) is 49.6 Å². The van der Waals surface area contributed by atoms with Crippen LogP contribution in [0.25, 0.3) is 5.70 Å². The van der Waals surface area contributed by atoms with Crippen LogP contribution in [0.15, 0.2) is 48.0 Å². The number of hydrogen-bond acceptors (Lipinski definition) is 5. The van der Waals surface area contributed by atoms with E-state index in [1.165, 1.54) is 0 Å². The summed E-state index contributed by atoms with van der Waals surface area (Å²) in [5, 5.41) is 10.3. The van der Waals surface area contributed by atoms with Gasteiger partial charge in [-0.3, -0.25) is 4.79 Å². The summed E-state index contributed by atoms with van der Waals surface area (Å²) in [4.78, 5) is 19.6. The van der Waals surface area contributed by atoms with E-state index in [9.17, 15) is 4.79 Å². The van der Waals surface area contributed by atoms with Crippen LogP contribution in [0, 0.1) is 0 Å². The number of anilines is 2. The molecule has 5 rings (SSSR count). The Bertz CT molecular complexity index is 1130. The summed E-state index contributed by atoms with van der Waals surface area (Å²) in [6, 6.07) is 11.7. The lowest BCUT2D eigenvalue weighted by Crippen LogP contribution is -2.38. The maximum atomic E-state index is 13.1. The van der Waals surface area contributed by atoms with Crippen LogP contribution in [0.2, 0.25) is 5.02 Å². The number of guanidine groups is 1. The van der Waals surface area contributed by atoms with Crippen molar-refractivity contribution < 1.29 is 9.53 Å². The third-order valence-corrected chi connectivity index (χ3v) is 7.76. The zero-order valence-corrected chi connectivity index (χ0v) is 21.2. The largest absolute Gasteiger partial charge is 0.373 e. The number of aliphatic imine (C=N–C) groups is 1. The number of rotatable bonds is 6. The van der Waals surface area contributed by atoms with Crippen LogP contribution < -0.4 is 16.0 Å². The fourth-order valence-electron chi connectivity index (χ4n) is 4.52. The van der Waals surface area contributed by atoms with Crippen molar-refractivity contribution >= 4 is 52.3 Å². The minimum Gasteiger partial charge on any atom is -0.373 e. The lowest BCUT2D eigenvalue weighted by Gasteiger charge is -2.27. The number of ether oxygens (including phenoxy) is 1. The maximum Gasteiger partial charge on any atom is 0.255 e. The summed E-state index contributed by atoms with van der Waals surface area (Å²) < 4.78 is 6.03. The topological polar surface area (TPSA) is 78.0 Å². The molecule has 2 aromatic rings. The Morgan fingerprint density at radius 3 is 2.71 bits per heavy atom. The Hall–Kier alpha value is -2.68. The van der Waals surface area contributed by atoms with E-state index >= 15 is 0 Å². The van der Waals surface area contributed by atoms with Crippen LogP contribution in [-0.2, 0) is 4.74 Å². The van der Waals surface area contributed by atoms with Gasteiger partial charge >= 0.3 is 0 Å². The van der Waals surface area contributed by atoms with E-state index in [-0.39, 0.29) is 12.0 Å². The van der Waals surface area contributed by atoms with Gasteiger partial charge in [0.05, 0.1) is 28.1 Å². The maximum absolute atomic E-state index is 13.1. The van der Waals surface area contributed by atoms with Crippen LogP contribution in [0.1, 0.15) is 40.4 Å². The summed E-state index contributed by atoms with van der Waals surface area (Å²) in [7, 11) is 0. The van der Waals surface area contributed by atoms with Gasteiger partial charge in [-0.25, -0.2) is 4.99 Å². The van der Waals surface area contributed by atoms with Gasteiger partial charge in [0.2, 0.25) is 0 Å². The van der Waals surface area contributed by atoms with E-state index in [2.05, 4.69) is 33.6 Å². The number of hydrogen-bond donors (Lipinski definition) is 3. The first-order valence-electron chi connectivity index (χ1n) is 12.0. The molecule has 1 atom stereocenters. The summed E-state index contributed by atoms with van der Waals surface area (Å²) in [6.07, 6.45) is 1.95. The lowest BCUT2D eigenvalue weighted by atomic mass is 10.00. The van der Waals surface area contributed by atoms with Gasteiger partial charge < -0.3 is 25.6 Å². The molecule has 0 radical (unpaired) electrons. The summed E-state index contributed by atoms with van der Waals surface area (Å²) >= 11 is 8.64. The van der Waals surface area contributed by atoms with Gasteiger partial charge in [-0.15, -0.1) is 0 Å². The minimum atomic E-state index is -0.0185. The molecule has 2 aromatic carbocycles. The highest BCUT2D eigenvalue weighted by molar-refractivity contribution is 7.99. The van der Waals surface area contributed by atoms with Crippen molar-refractivity contribution in [3.05, 3.63) is 64.7 Å². The molecule has 0 spiro atoms. The Morgan fingerprint density at radius 1 is 1.17 bits per heavy atom. The zero-order chi connectivity index (χ0) is 24.2. The highest BCUT2D eigenvalue weighted by Gasteiger charge is 2.24. The molecule has 0 aliphatic carbocycles. The van der Waals surface area contributed by atoms with Crippen molar-refractivity contribution in [2.45, 2.75) is 18.9 Å². The molecule has 3 aliphatic heterocycles. The number of nitrogens with zero attached hydrogens (tertiary/aromatic N) is 2. The number of halogens is 1. The normalized spacial score (nSPS) is 19.7. The molecular weight excluding hydrogens is 482 g/mol. The average Bonchev–Trinajstić information content (AvgIpc) is 3.60. The molecule has 3 heterocycles. The SMILES string of the molecule is C=C(N=C1NCCN1)c1ccc(Nc2cccc(C(=O)N3CCSCC3)c2Cl)c(C2CCCO2)c1. The molecule has 184 valence electrons. The predicted molar refractivity (Wildman–Crippen MR) is 145 cm³/mol. The van der Waals surface area contributed by atoms with Crippen molar-refractivity contribution in [3.63, 3.8) is 0 Å². The van der Waals surface area contributed by atoms with Crippen LogP contribution >= 0.6 is 23.4 Å². The monoisotopic (exact) mass is 511 g/mol. The first-order valence-corrected chi connectivity index (χ1v) is 13.6. The first-order chi connectivity index (χ1) is 17.1. The standard InChI is InChI=1S/C26H30ClN5O2S/c1-17(30-26-28-9-10-29-26)18-7-8-21(20(16-18)23-6-3-13-34-23)31-22-5-2-4-19(24(22)27)25(33)32-11-14-35-15-12-32/h2,4-5,7-8,16,23,31H,1,3,6,9-15H2,(H2,28,29,30). The highest BCUT2D eigenvalue weighted by Crippen LogP contribution is 2.38. The van der Waals surface area contributed by atoms with Gasteiger partial charge in [-0.05, 0) is 37.1 Å². The van der Waals surface area contributed by atoms with Crippen LogP contribution in [0.5, 0.6) is 0 Å². The molecule has 0 bridgehead atoms. The average molecular weight is 512 g/mol. The number of carbonyl (C=O) groups is 1. The summed E-state index contributed by atoms with van der Waals surface area (Å²) in [5.41, 5.74) is 4.78. The van der Waals surface area contributed by atoms with Gasteiger partial charge in [0.25, 0.3) is 5.91 Å². The van der Waals surface area contributed by atoms with Gasteiger partial charge in [0.1, 0.15) is 0 Å². The Labute approximate surface area is 215 Å². The van der Waals surface area contributed by atoms with Gasteiger partial charge in [0.15, 0.2) is 5.96 Å². The fourth-order valence-corrected chi connectivity index (χ4v) is 5.68. The molecule has 1 unspecified atom stereocenters. The number of nitrogens with one attached hydrogen (secondary N) is 3. The predicted octanol–water partition coefficient (Wildman–Crippen LogP) is 4.64. The quantitative estimate of drug-likeness (QED) is 0.524. The second-order valence-corrected chi connectivity index (χ2v) is 10.4. The highest BCUT2D eigenvalue weighted by atomic mass is 35.5. The summed E-state index contributed by atoms with van der Waals surface area (Å²) in [6.45, 7) is 8.12. The third kappa shape index (κ3) is 5.44. The number of benzene rings is 2. The molecule has 3 fully saturated rings. The van der Waals surface area contributed by atoms with E-state index in [4.69, 9.17) is 16.3 Å². The van der Waals surface area contributed by atoms with Gasteiger partial charge in [-0.1, -0.05) is 30.3 Å². The smallest absolute Gasteiger partial charge is 0.255 e. The van der Waals surface area contributed by atoms with Crippen LogP contribution in [-0.4, -0.2) is 61.1 Å². The van der Waals surface area contributed by atoms with E-state index in [1.54, 1.807) is 6.07 Å². The molecule has 1 amide bonds. The number of amides is 1. The molecule has 35 heavy (non-hydrogen) atoms. The van der Waals surface area contributed by atoms with Crippen molar-refractivity contribution in [1.29, 1.82) is 0 Å². The molecule has 3 N–H and O–H groups in total. The van der Waals surface area contributed by atoms with E-state index in [0.717, 1.165) is 79.9 Å². The molecule has 7 nitrogen and oxygen atoms in total. The molecular formula is C26H30ClN5O2S. The number of thioether (sulfide) groups is 1. The molecule has 0 saturated carbocycles. The fraction of sp³-hybridized carbons (Fsp3) is 0.385. The van der Waals surface area contributed by atoms with E-state index in [0.29, 0.717) is 22.0 Å². The molecule has 3 aliphatic rings. The van der Waals surface area contributed by atoms with E-state index in [1.807, 2.05) is 40.9 Å². The van der Waals surface area contributed by atoms with Gasteiger partial charge in [0, 0.05) is 61.1 Å². The lowest BCUT2D eigenvalue weighted by molar-refractivity contribution is 0.0772. The third-order valence-electron chi connectivity index (χ3n) is 6.41. The second kappa shape index (κ2) is 10.9. The first kappa shape index (κ1) is 24.0. The Balaban J connectivity index is 1.43. The minimum absolute atomic E-state index is 0.0156. The van der Waals surface area contributed by atoms with E-state index < -0.39 is 0 Å². The van der Waals surface area contributed by atoms with Crippen molar-refractivity contribution in [2.24, 2.45) is 4.99 Å². The summed E-state index contributed by atoms with van der Waals surface area (Å²) in [5.74, 6) is 2.65. The van der Waals surface area contributed by atoms with Crippen molar-refractivity contribution in [1.82, 2.24) is 15.5 Å². The molecule has 0 aromatic heterocycles. The molecule has 3 saturated heterocycles. The second-order valence-electron chi connectivity index (χ2n) is 8.76. The Kier molecular flexibility index (Phi) is 7.51.